The fraction of sp³-hybridized carbons (Fsp3) is 0.0400. The molecule has 1 saturated heterocycles. The van der Waals surface area contributed by atoms with E-state index in [2.05, 4.69) is 43.8 Å². The number of aromatic carboxylic acids is 1. The van der Waals surface area contributed by atoms with Gasteiger partial charge < -0.3 is 9.84 Å². The lowest BCUT2D eigenvalue weighted by molar-refractivity contribution is -0.122. The summed E-state index contributed by atoms with van der Waals surface area (Å²) >= 11 is 10.7. The first-order chi connectivity index (χ1) is 16.7. The van der Waals surface area contributed by atoms with Gasteiger partial charge in [0, 0.05) is 4.47 Å². The maximum atomic E-state index is 13.2. The smallest absolute Gasteiger partial charge is 0.335 e. The first kappa shape index (κ1) is 25.0. The number of hydrogen-bond donors (Lipinski definition) is 2. The molecule has 1 fully saturated rings. The second-order valence-electron chi connectivity index (χ2n) is 7.42. The van der Waals surface area contributed by atoms with Gasteiger partial charge in [0.2, 0.25) is 0 Å². The van der Waals surface area contributed by atoms with Gasteiger partial charge in [-0.05, 0) is 94.5 Å². The first-order valence-corrected chi connectivity index (χ1v) is 12.4. The lowest BCUT2D eigenvalue weighted by atomic mass is 10.1. The van der Waals surface area contributed by atoms with Crippen molar-refractivity contribution in [3.8, 4) is 5.75 Å². The lowest BCUT2D eigenvalue weighted by Gasteiger charge is -2.29. The molecular formula is C25H16BrIN2O5S. The van der Waals surface area contributed by atoms with Gasteiger partial charge in [0.1, 0.15) is 17.9 Å². The van der Waals surface area contributed by atoms with E-state index in [0.29, 0.717) is 17.0 Å². The van der Waals surface area contributed by atoms with Crippen molar-refractivity contribution in [2.45, 2.75) is 6.61 Å². The summed E-state index contributed by atoms with van der Waals surface area (Å²) in [6.07, 6.45) is 1.51. The molecule has 0 unspecified atom stereocenters. The van der Waals surface area contributed by atoms with Gasteiger partial charge in [-0.2, -0.15) is 0 Å². The number of nitrogens with zero attached hydrogens (tertiary/aromatic N) is 1. The Morgan fingerprint density at radius 1 is 1.11 bits per heavy atom. The van der Waals surface area contributed by atoms with Crippen LogP contribution in [0.3, 0.4) is 0 Å². The van der Waals surface area contributed by atoms with E-state index in [4.69, 9.17) is 22.1 Å². The molecule has 1 aliphatic heterocycles. The molecule has 2 N–H and O–H groups in total. The van der Waals surface area contributed by atoms with Crippen LogP contribution in [0.15, 0.2) is 76.8 Å². The maximum Gasteiger partial charge on any atom is 0.335 e. The van der Waals surface area contributed by atoms with E-state index in [1.807, 2.05) is 6.07 Å². The zero-order chi connectivity index (χ0) is 25.1. The van der Waals surface area contributed by atoms with Crippen LogP contribution in [0.1, 0.15) is 21.5 Å². The fourth-order valence-corrected chi connectivity index (χ4v) is 4.67. The van der Waals surface area contributed by atoms with E-state index in [-0.39, 0.29) is 22.9 Å². The SMILES string of the molecule is O=C1NC(=S)N(c2cccc(Br)c2)C(=O)/C1=C/c1ccc(OCc2ccc(C(=O)O)cc2)c(I)c1. The van der Waals surface area contributed by atoms with Crippen LogP contribution in [0, 0.1) is 3.57 Å². The number of amides is 2. The summed E-state index contributed by atoms with van der Waals surface area (Å²) in [7, 11) is 0. The van der Waals surface area contributed by atoms with E-state index in [1.165, 1.54) is 23.1 Å². The molecule has 0 bridgehead atoms. The Morgan fingerprint density at radius 3 is 2.51 bits per heavy atom. The van der Waals surface area contributed by atoms with E-state index in [9.17, 15) is 14.4 Å². The van der Waals surface area contributed by atoms with Gasteiger partial charge >= 0.3 is 5.97 Å². The minimum Gasteiger partial charge on any atom is -0.488 e. The molecule has 10 heteroatoms. The van der Waals surface area contributed by atoms with Gasteiger partial charge in [-0.25, -0.2) is 4.79 Å². The Labute approximate surface area is 228 Å². The molecule has 0 spiro atoms. The molecule has 1 heterocycles. The van der Waals surface area contributed by atoms with Crippen LogP contribution >= 0.6 is 50.7 Å². The summed E-state index contributed by atoms with van der Waals surface area (Å²) in [6.45, 7) is 0.260. The minimum atomic E-state index is -0.983. The zero-order valence-electron chi connectivity index (χ0n) is 17.8. The molecule has 0 aromatic heterocycles. The summed E-state index contributed by atoms with van der Waals surface area (Å²) in [5.74, 6) is -1.45. The number of halogens is 2. The van der Waals surface area contributed by atoms with Gasteiger partial charge in [0.15, 0.2) is 5.11 Å². The van der Waals surface area contributed by atoms with Gasteiger partial charge in [-0.15, -0.1) is 0 Å². The molecule has 2 amide bonds. The van der Waals surface area contributed by atoms with Crippen molar-refractivity contribution >= 4 is 85.4 Å². The second kappa shape index (κ2) is 10.7. The minimum absolute atomic E-state index is 0.0185. The molecule has 35 heavy (non-hydrogen) atoms. The molecule has 3 aromatic carbocycles. The largest absolute Gasteiger partial charge is 0.488 e. The van der Waals surface area contributed by atoms with Gasteiger partial charge in [-0.1, -0.05) is 40.2 Å². The number of carboxylic acids is 1. The summed E-state index contributed by atoms with van der Waals surface area (Å²) in [5.41, 5.74) is 2.18. The van der Waals surface area contributed by atoms with Crippen molar-refractivity contribution in [1.82, 2.24) is 5.32 Å². The summed E-state index contributed by atoms with van der Waals surface area (Å²) < 4.78 is 7.41. The molecule has 3 aromatic rings. The number of benzene rings is 3. The summed E-state index contributed by atoms with van der Waals surface area (Å²) in [4.78, 5) is 38.0. The van der Waals surface area contributed by atoms with Gasteiger partial charge in [0.05, 0.1) is 14.8 Å². The molecule has 0 atom stereocenters. The third kappa shape index (κ3) is 5.77. The normalized spacial score (nSPS) is 14.7. The highest BCUT2D eigenvalue weighted by atomic mass is 127. The summed E-state index contributed by atoms with van der Waals surface area (Å²) in [5, 5.41) is 11.6. The highest BCUT2D eigenvalue weighted by molar-refractivity contribution is 14.1. The number of thiocarbonyl (C=S) groups is 1. The Kier molecular flexibility index (Phi) is 7.63. The average Bonchev–Trinajstić information content (AvgIpc) is 2.81. The van der Waals surface area contributed by atoms with Crippen molar-refractivity contribution in [2.75, 3.05) is 4.90 Å². The third-order valence-electron chi connectivity index (χ3n) is 5.03. The van der Waals surface area contributed by atoms with E-state index in [1.54, 1.807) is 48.5 Å². The highest BCUT2D eigenvalue weighted by Crippen LogP contribution is 2.27. The first-order valence-electron chi connectivity index (χ1n) is 10.1. The Morgan fingerprint density at radius 2 is 1.86 bits per heavy atom. The number of rotatable bonds is 6. The number of ether oxygens (including phenoxy) is 1. The van der Waals surface area contributed by atoms with Crippen LogP contribution in [-0.2, 0) is 16.2 Å². The third-order valence-corrected chi connectivity index (χ3v) is 6.65. The Bertz CT molecular complexity index is 1390. The van der Waals surface area contributed by atoms with Crippen molar-refractivity contribution in [3.63, 3.8) is 0 Å². The van der Waals surface area contributed by atoms with E-state index in [0.717, 1.165) is 13.6 Å². The average molecular weight is 663 g/mol. The standard InChI is InChI=1S/C25H16BrIN2O5S/c26-17-2-1-3-18(12-17)29-23(31)19(22(30)28-25(29)35)10-15-6-9-21(20(27)11-15)34-13-14-4-7-16(8-5-14)24(32)33/h1-12H,13H2,(H,32,33)(H,28,30,35)/b19-10+. The van der Waals surface area contributed by atoms with E-state index >= 15 is 0 Å². The van der Waals surface area contributed by atoms with Crippen LogP contribution in [0.2, 0.25) is 0 Å². The van der Waals surface area contributed by atoms with Crippen molar-refractivity contribution in [3.05, 3.63) is 97.0 Å². The molecule has 0 saturated carbocycles. The second-order valence-corrected chi connectivity index (χ2v) is 9.88. The number of anilines is 1. The molecule has 0 radical (unpaired) electrons. The van der Waals surface area contributed by atoms with Crippen LogP contribution in [0.5, 0.6) is 5.75 Å². The van der Waals surface area contributed by atoms with E-state index < -0.39 is 17.8 Å². The number of carboxylic acid groups (broad SMARTS) is 1. The Hall–Kier alpha value is -3.09. The monoisotopic (exact) mass is 662 g/mol. The molecule has 0 aliphatic carbocycles. The molecule has 4 rings (SSSR count). The molecule has 176 valence electrons. The summed E-state index contributed by atoms with van der Waals surface area (Å²) in [6, 6.07) is 18.8. The molecular weight excluding hydrogens is 647 g/mol. The molecule has 7 nitrogen and oxygen atoms in total. The maximum absolute atomic E-state index is 13.2. The van der Waals surface area contributed by atoms with Gasteiger partial charge in [-0.3, -0.25) is 19.8 Å². The predicted octanol–water partition coefficient (Wildman–Crippen LogP) is 5.16. The fourth-order valence-electron chi connectivity index (χ4n) is 3.30. The lowest BCUT2D eigenvalue weighted by Crippen LogP contribution is -2.54. The number of carbonyl (C=O) groups excluding carboxylic acids is 2. The van der Waals surface area contributed by atoms with Crippen molar-refractivity contribution in [1.29, 1.82) is 0 Å². The Balaban J connectivity index is 1.53. The van der Waals surface area contributed by atoms with Crippen LogP contribution in [-0.4, -0.2) is 28.0 Å². The predicted molar refractivity (Wildman–Crippen MR) is 147 cm³/mol. The van der Waals surface area contributed by atoms with Crippen molar-refractivity contribution in [2.24, 2.45) is 0 Å². The topological polar surface area (TPSA) is 95.9 Å². The quantitative estimate of drug-likeness (QED) is 0.164. The number of nitrogens with one attached hydrogen (secondary N) is 1. The number of hydrogen-bond acceptors (Lipinski definition) is 5. The van der Waals surface area contributed by atoms with Crippen molar-refractivity contribution < 1.29 is 24.2 Å². The van der Waals surface area contributed by atoms with Gasteiger partial charge in [0.25, 0.3) is 11.8 Å². The van der Waals surface area contributed by atoms with Crippen LogP contribution < -0.4 is 15.0 Å². The number of carbonyl (C=O) groups is 3. The van der Waals surface area contributed by atoms with Crippen LogP contribution in [0.25, 0.3) is 6.08 Å². The van der Waals surface area contributed by atoms with Crippen LogP contribution in [0.4, 0.5) is 5.69 Å². The molecule has 1 aliphatic rings. The zero-order valence-corrected chi connectivity index (χ0v) is 22.4. The highest BCUT2D eigenvalue weighted by Gasteiger charge is 2.34.